The minimum Gasteiger partial charge on any atom is -0.434 e. The highest BCUT2D eigenvalue weighted by Crippen LogP contribution is 2.24. The maximum atomic E-state index is 13.8. The molecule has 0 atom stereocenters. The molecule has 2 rings (SSSR count). The van der Waals surface area contributed by atoms with Crippen LogP contribution in [0.3, 0.4) is 0 Å². The predicted molar refractivity (Wildman–Crippen MR) is 72.0 cm³/mol. The summed E-state index contributed by atoms with van der Waals surface area (Å²) in [5.74, 6) is 0.663. The van der Waals surface area contributed by atoms with Gasteiger partial charge in [0.25, 0.3) is 0 Å². The van der Waals surface area contributed by atoms with E-state index in [1.807, 2.05) is 0 Å². The molecule has 0 aliphatic carbocycles. The molecule has 0 aliphatic rings. The lowest BCUT2D eigenvalue weighted by Crippen LogP contribution is -2.03. The molecule has 2 aromatic rings. The summed E-state index contributed by atoms with van der Waals surface area (Å²) in [6, 6.07) is 4.99. The molecule has 1 heterocycles. The van der Waals surface area contributed by atoms with E-state index in [4.69, 9.17) is 4.74 Å². The quantitative estimate of drug-likeness (QED) is 0.894. The number of hydrogen-bond acceptors (Lipinski definition) is 4. The summed E-state index contributed by atoms with van der Waals surface area (Å²) >= 11 is 0. The first-order valence-corrected chi connectivity index (χ1v) is 6.19. The van der Waals surface area contributed by atoms with E-state index < -0.39 is 0 Å². The number of halogens is 1. The first kappa shape index (κ1) is 13.3. The second-order valence-corrected chi connectivity index (χ2v) is 4.16. The van der Waals surface area contributed by atoms with Crippen molar-refractivity contribution in [2.75, 3.05) is 11.9 Å². The molecule has 1 aromatic carbocycles. The summed E-state index contributed by atoms with van der Waals surface area (Å²) in [7, 11) is 0. The lowest BCUT2D eigenvalue weighted by molar-refractivity contribution is 0.424. The Morgan fingerprint density at radius 3 is 2.95 bits per heavy atom. The zero-order valence-electron chi connectivity index (χ0n) is 11.0. The molecule has 0 unspecified atom stereocenters. The van der Waals surface area contributed by atoms with Crippen LogP contribution < -0.4 is 10.1 Å². The van der Waals surface area contributed by atoms with Crippen molar-refractivity contribution in [2.24, 2.45) is 0 Å². The van der Waals surface area contributed by atoms with Crippen molar-refractivity contribution in [3.8, 4) is 11.6 Å². The molecule has 0 amide bonds. The van der Waals surface area contributed by atoms with E-state index in [0.717, 1.165) is 13.0 Å². The Hall–Kier alpha value is -2.17. The largest absolute Gasteiger partial charge is 0.434 e. The van der Waals surface area contributed by atoms with Gasteiger partial charge in [-0.1, -0.05) is 19.1 Å². The van der Waals surface area contributed by atoms with Crippen molar-refractivity contribution in [3.05, 3.63) is 42.0 Å². The van der Waals surface area contributed by atoms with Crippen molar-refractivity contribution >= 4 is 5.82 Å². The smallest absolute Gasteiger partial charge is 0.239 e. The van der Waals surface area contributed by atoms with Crippen LogP contribution in [0, 0.1) is 12.7 Å². The average molecular weight is 261 g/mol. The summed E-state index contributed by atoms with van der Waals surface area (Å²) in [4.78, 5) is 8.23. The molecular weight excluding hydrogens is 245 g/mol. The van der Waals surface area contributed by atoms with E-state index >= 15 is 0 Å². The fraction of sp³-hybridized carbons (Fsp3) is 0.286. The number of anilines is 1. The maximum Gasteiger partial charge on any atom is 0.239 e. The van der Waals surface area contributed by atoms with Gasteiger partial charge in [-0.05, 0) is 25.0 Å². The third-order valence-electron chi connectivity index (χ3n) is 2.54. The monoisotopic (exact) mass is 261 g/mol. The molecule has 0 spiro atoms. The molecule has 0 saturated carbocycles. The minimum absolute atomic E-state index is 0.155. The third-order valence-corrected chi connectivity index (χ3v) is 2.54. The Kier molecular flexibility index (Phi) is 4.28. The van der Waals surface area contributed by atoms with Crippen molar-refractivity contribution < 1.29 is 9.13 Å². The molecule has 1 N–H and O–H groups in total. The van der Waals surface area contributed by atoms with E-state index in [9.17, 15) is 4.39 Å². The highest BCUT2D eigenvalue weighted by molar-refractivity contribution is 5.36. The maximum absolute atomic E-state index is 13.8. The average Bonchev–Trinajstić information content (AvgIpc) is 2.42. The number of nitrogens with one attached hydrogen (secondary N) is 1. The van der Waals surface area contributed by atoms with Gasteiger partial charge in [-0.3, -0.25) is 4.98 Å². The van der Waals surface area contributed by atoms with Gasteiger partial charge >= 0.3 is 0 Å². The molecule has 19 heavy (non-hydrogen) atoms. The van der Waals surface area contributed by atoms with Crippen LogP contribution in [-0.4, -0.2) is 16.5 Å². The van der Waals surface area contributed by atoms with Crippen molar-refractivity contribution in [3.63, 3.8) is 0 Å². The number of aryl methyl sites for hydroxylation is 1. The summed E-state index contributed by atoms with van der Waals surface area (Å²) in [6.45, 7) is 4.55. The van der Waals surface area contributed by atoms with E-state index in [2.05, 4.69) is 22.2 Å². The molecule has 5 heteroatoms. The minimum atomic E-state index is -0.378. The molecule has 4 nitrogen and oxygen atoms in total. The van der Waals surface area contributed by atoms with Gasteiger partial charge in [-0.15, -0.1) is 0 Å². The van der Waals surface area contributed by atoms with Crippen LogP contribution in [0.4, 0.5) is 10.2 Å². The number of ether oxygens (including phenoxy) is 1. The van der Waals surface area contributed by atoms with Crippen molar-refractivity contribution in [1.29, 1.82) is 0 Å². The van der Waals surface area contributed by atoms with Crippen molar-refractivity contribution in [2.45, 2.75) is 20.3 Å². The van der Waals surface area contributed by atoms with Crippen LogP contribution in [0.2, 0.25) is 0 Å². The molecule has 1 aromatic heterocycles. The first-order chi connectivity index (χ1) is 9.20. The van der Waals surface area contributed by atoms with Crippen LogP contribution in [0.1, 0.15) is 18.9 Å². The Labute approximate surface area is 111 Å². The van der Waals surface area contributed by atoms with E-state index in [1.54, 1.807) is 31.3 Å². The highest BCUT2D eigenvalue weighted by Gasteiger charge is 2.08. The molecule has 0 aliphatic heterocycles. The summed E-state index contributed by atoms with van der Waals surface area (Å²) in [5.41, 5.74) is 0.533. The Bertz CT molecular complexity index is 560. The van der Waals surface area contributed by atoms with Gasteiger partial charge < -0.3 is 10.1 Å². The lowest BCUT2D eigenvalue weighted by Gasteiger charge is -2.08. The number of rotatable bonds is 5. The molecule has 0 fully saturated rings. The standard InChI is InChI=1S/C14H16FN3O/c1-3-7-17-12-8-16-9-13(18-12)19-11-6-4-5-10(2)14(11)15/h4-6,8-9H,3,7H2,1-2H3,(H,17,18). The molecular formula is C14H16FN3O. The molecule has 0 saturated heterocycles. The molecule has 0 radical (unpaired) electrons. The Balaban J connectivity index is 2.16. The zero-order chi connectivity index (χ0) is 13.7. The van der Waals surface area contributed by atoms with E-state index in [0.29, 0.717) is 11.4 Å². The summed E-state index contributed by atoms with van der Waals surface area (Å²) < 4.78 is 19.2. The van der Waals surface area contributed by atoms with Crippen LogP contribution in [0.15, 0.2) is 30.6 Å². The SMILES string of the molecule is CCCNc1cncc(Oc2cccc(C)c2F)n1. The van der Waals surface area contributed by atoms with Gasteiger partial charge in [0.1, 0.15) is 5.82 Å². The summed E-state index contributed by atoms with van der Waals surface area (Å²) in [6.07, 6.45) is 4.05. The van der Waals surface area contributed by atoms with Crippen LogP contribution in [0.5, 0.6) is 11.6 Å². The lowest BCUT2D eigenvalue weighted by atomic mass is 10.2. The van der Waals surface area contributed by atoms with Crippen LogP contribution in [0.25, 0.3) is 0 Å². The van der Waals surface area contributed by atoms with E-state index in [1.165, 1.54) is 6.20 Å². The highest BCUT2D eigenvalue weighted by atomic mass is 19.1. The second-order valence-electron chi connectivity index (χ2n) is 4.16. The Morgan fingerprint density at radius 2 is 2.16 bits per heavy atom. The number of nitrogens with zero attached hydrogens (tertiary/aromatic N) is 2. The van der Waals surface area contributed by atoms with Gasteiger partial charge in [0.15, 0.2) is 11.6 Å². The van der Waals surface area contributed by atoms with Gasteiger partial charge in [0.05, 0.1) is 12.4 Å². The third kappa shape index (κ3) is 3.40. The van der Waals surface area contributed by atoms with Crippen molar-refractivity contribution in [1.82, 2.24) is 9.97 Å². The van der Waals surface area contributed by atoms with Gasteiger partial charge in [-0.25, -0.2) is 4.39 Å². The molecule has 100 valence electrons. The van der Waals surface area contributed by atoms with Gasteiger partial charge in [0, 0.05) is 6.54 Å². The molecule has 0 bridgehead atoms. The fourth-order valence-electron chi connectivity index (χ4n) is 1.55. The fourth-order valence-corrected chi connectivity index (χ4v) is 1.55. The normalized spacial score (nSPS) is 10.3. The van der Waals surface area contributed by atoms with Gasteiger partial charge in [-0.2, -0.15) is 4.98 Å². The van der Waals surface area contributed by atoms with Crippen LogP contribution >= 0.6 is 0 Å². The van der Waals surface area contributed by atoms with Crippen LogP contribution in [-0.2, 0) is 0 Å². The first-order valence-electron chi connectivity index (χ1n) is 6.19. The number of hydrogen-bond donors (Lipinski definition) is 1. The van der Waals surface area contributed by atoms with Gasteiger partial charge in [0.2, 0.25) is 5.88 Å². The Morgan fingerprint density at radius 1 is 1.32 bits per heavy atom. The topological polar surface area (TPSA) is 47.0 Å². The number of aromatic nitrogens is 2. The predicted octanol–water partition coefficient (Wildman–Crippen LogP) is 3.54. The zero-order valence-corrected chi connectivity index (χ0v) is 11.0. The second kappa shape index (κ2) is 6.13. The summed E-state index contributed by atoms with van der Waals surface area (Å²) in [5, 5.41) is 3.10. The number of benzene rings is 1. The van der Waals surface area contributed by atoms with E-state index in [-0.39, 0.29) is 17.4 Å².